The number of sulfonamides is 1. The van der Waals surface area contributed by atoms with Crippen LogP contribution in [0.1, 0.15) is 17.3 Å². The fourth-order valence-electron chi connectivity index (χ4n) is 2.99. The quantitative estimate of drug-likeness (QED) is 0.221. The van der Waals surface area contributed by atoms with Crippen LogP contribution < -0.4 is 29.6 Å². The SMILES string of the molecule is CCOCCOc1cccc(C(=O)NC(=S)Nc2ccc(S(=O)(=O)Nc3cc(OC)nc(OC)n3)cc2)c1. The molecule has 38 heavy (non-hydrogen) atoms. The molecule has 3 rings (SSSR count). The standard InChI is InChI=1S/C24H27N5O7S2/c1-4-35-12-13-36-18-7-5-6-16(14-18)22(30)28-24(37)25-17-8-10-19(11-9-17)38(31,32)29-20-15-21(33-2)27-23(26-20)34-3/h5-11,14-15H,4,12-13H2,1-3H3,(H,26,27,29)(H2,25,28,30,37). The third-order valence-corrected chi connectivity index (χ3v) is 6.33. The zero-order valence-corrected chi connectivity index (χ0v) is 22.5. The van der Waals surface area contributed by atoms with E-state index in [0.29, 0.717) is 36.8 Å². The Balaban J connectivity index is 1.59. The number of aromatic nitrogens is 2. The lowest BCUT2D eigenvalue weighted by atomic mass is 10.2. The maximum absolute atomic E-state index is 12.8. The number of nitrogens with zero attached hydrogens (tertiary/aromatic N) is 2. The van der Waals surface area contributed by atoms with E-state index in [2.05, 4.69) is 25.3 Å². The number of hydrogen-bond donors (Lipinski definition) is 3. The number of carbonyl (C=O) groups is 1. The Hall–Kier alpha value is -4.01. The first-order chi connectivity index (χ1) is 18.2. The van der Waals surface area contributed by atoms with Gasteiger partial charge in [0.1, 0.15) is 12.4 Å². The molecule has 0 spiro atoms. The van der Waals surface area contributed by atoms with E-state index >= 15 is 0 Å². The molecule has 0 saturated carbocycles. The third kappa shape index (κ3) is 8.26. The number of methoxy groups -OCH3 is 2. The zero-order valence-electron chi connectivity index (χ0n) is 20.9. The minimum Gasteiger partial charge on any atom is -0.491 e. The molecule has 2 aromatic carbocycles. The highest BCUT2D eigenvalue weighted by molar-refractivity contribution is 7.92. The molecule has 0 radical (unpaired) electrons. The Morgan fingerprint density at radius 3 is 2.45 bits per heavy atom. The van der Waals surface area contributed by atoms with E-state index < -0.39 is 15.9 Å². The van der Waals surface area contributed by atoms with E-state index in [1.807, 2.05) is 6.92 Å². The largest absolute Gasteiger partial charge is 0.491 e. The van der Waals surface area contributed by atoms with Gasteiger partial charge in [-0.25, -0.2) is 8.42 Å². The highest BCUT2D eigenvalue weighted by atomic mass is 32.2. The second kappa shape index (κ2) is 13.5. The molecule has 3 aromatic rings. The second-order valence-electron chi connectivity index (χ2n) is 7.39. The van der Waals surface area contributed by atoms with Crippen LogP contribution in [0.4, 0.5) is 11.5 Å². The van der Waals surface area contributed by atoms with Crippen molar-refractivity contribution in [3.8, 4) is 17.6 Å². The van der Waals surface area contributed by atoms with Gasteiger partial charge in [0, 0.05) is 23.9 Å². The zero-order chi connectivity index (χ0) is 27.5. The molecule has 0 unspecified atom stereocenters. The van der Waals surface area contributed by atoms with E-state index in [1.165, 1.54) is 44.6 Å². The monoisotopic (exact) mass is 561 g/mol. The van der Waals surface area contributed by atoms with E-state index in [-0.39, 0.29) is 27.7 Å². The first kappa shape index (κ1) is 28.6. The molecule has 1 aromatic heterocycles. The molecule has 0 bridgehead atoms. The van der Waals surface area contributed by atoms with E-state index in [1.54, 1.807) is 24.3 Å². The molecule has 0 atom stereocenters. The summed E-state index contributed by atoms with van der Waals surface area (Å²) in [6, 6.07) is 13.7. The lowest BCUT2D eigenvalue weighted by Crippen LogP contribution is -2.34. The van der Waals surface area contributed by atoms with Gasteiger partial charge in [0.15, 0.2) is 10.9 Å². The van der Waals surface area contributed by atoms with Crippen LogP contribution in [-0.4, -0.2) is 63.4 Å². The van der Waals surface area contributed by atoms with E-state index in [4.69, 9.17) is 31.2 Å². The average molecular weight is 562 g/mol. The van der Waals surface area contributed by atoms with Gasteiger partial charge in [-0.2, -0.15) is 9.97 Å². The number of nitrogens with one attached hydrogen (secondary N) is 3. The van der Waals surface area contributed by atoms with Crippen LogP contribution in [0.5, 0.6) is 17.6 Å². The number of anilines is 2. The predicted molar refractivity (Wildman–Crippen MR) is 145 cm³/mol. The number of ether oxygens (including phenoxy) is 4. The molecule has 0 aliphatic heterocycles. The first-order valence-electron chi connectivity index (χ1n) is 11.3. The normalized spacial score (nSPS) is 10.8. The van der Waals surface area contributed by atoms with Gasteiger partial charge >= 0.3 is 6.01 Å². The Bertz CT molecular complexity index is 1350. The summed E-state index contributed by atoms with van der Waals surface area (Å²) in [7, 11) is -1.25. The van der Waals surface area contributed by atoms with Crippen molar-refractivity contribution in [3.63, 3.8) is 0 Å². The first-order valence-corrected chi connectivity index (χ1v) is 13.2. The van der Waals surface area contributed by atoms with Crippen LogP contribution >= 0.6 is 12.2 Å². The number of benzene rings is 2. The topological polar surface area (TPSA) is 150 Å². The molecule has 12 nitrogen and oxygen atoms in total. The summed E-state index contributed by atoms with van der Waals surface area (Å²) in [6.07, 6.45) is 0. The fraction of sp³-hybridized carbons (Fsp3) is 0.250. The van der Waals surface area contributed by atoms with Crippen LogP contribution in [-0.2, 0) is 14.8 Å². The summed E-state index contributed by atoms with van der Waals surface area (Å²) < 4.78 is 48.7. The summed E-state index contributed by atoms with van der Waals surface area (Å²) in [5, 5.41) is 5.46. The molecule has 3 N–H and O–H groups in total. The average Bonchev–Trinajstić information content (AvgIpc) is 2.91. The van der Waals surface area contributed by atoms with Gasteiger partial charge in [-0.15, -0.1) is 0 Å². The molecule has 0 saturated heterocycles. The summed E-state index contributed by atoms with van der Waals surface area (Å²) in [5.74, 6) is 0.200. The van der Waals surface area contributed by atoms with E-state index in [0.717, 1.165) is 0 Å². The number of rotatable bonds is 12. The van der Waals surface area contributed by atoms with Gasteiger partial charge in [0.25, 0.3) is 15.9 Å². The maximum atomic E-state index is 12.8. The number of thiocarbonyl (C=S) groups is 1. The van der Waals surface area contributed by atoms with Crippen molar-refractivity contribution in [1.82, 2.24) is 15.3 Å². The number of hydrogen-bond acceptors (Lipinski definition) is 10. The van der Waals surface area contributed by atoms with Crippen LogP contribution in [0.3, 0.4) is 0 Å². The molecular formula is C24H27N5O7S2. The van der Waals surface area contributed by atoms with Crippen molar-refractivity contribution >= 4 is 44.8 Å². The van der Waals surface area contributed by atoms with Gasteiger partial charge in [0.05, 0.1) is 25.7 Å². The van der Waals surface area contributed by atoms with Gasteiger partial charge in [-0.05, 0) is 61.6 Å². The second-order valence-corrected chi connectivity index (χ2v) is 9.48. The maximum Gasteiger partial charge on any atom is 0.321 e. The van der Waals surface area contributed by atoms with Crippen molar-refractivity contribution in [2.45, 2.75) is 11.8 Å². The fourth-order valence-corrected chi connectivity index (χ4v) is 4.20. The van der Waals surface area contributed by atoms with Gasteiger partial charge in [0.2, 0.25) is 5.88 Å². The summed E-state index contributed by atoms with van der Waals surface area (Å²) in [6.45, 7) is 3.30. The van der Waals surface area contributed by atoms with Crippen LogP contribution in [0.25, 0.3) is 0 Å². The van der Waals surface area contributed by atoms with Crippen molar-refractivity contribution in [1.29, 1.82) is 0 Å². The Kier molecular flexibility index (Phi) is 10.2. The highest BCUT2D eigenvalue weighted by Crippen LogP contribution is 2.21. The van der Waals surface area contributed by atoms with Gasteiger partial charge in [-0.3, -0.25) is 14.8 Å². The van der Waals surface area contributed by atoms with Gasteiger partial charge < -0.3 is 24.3 Å². The summed E-state index contributed by atoms with van der Waals surface area (Å²) >= 11 is 5.23. The molecule has 0 fully saturated rings. The molecule has 0 aliphatic carbocycles. The highest BCUT2D eigenvalue weighted by Gasteiger charge is 2.17. The molecule has 1 amide bonds. The van der Waals surface area contributed by atoms with Crippen LogP contribution in [0.15, 0.2) is 59.5 Å². The van der Waals surface area contributed by atoms with Crippen LogP contribution in [0.2, 0.25) is 0 Å². The van der Waals surface area contributed by atoms with Crippen molar-refractivity contribution in [3.05, 3.63) is 60.2 Å². The summed E-state index contributed by atoms with van der Waals surface area (Å²) in [4.78, 5) is 20.4. The molecule has 202 valence electrons. The Labute approximate surface area is 225 Å². The molecule has 14 heteroatoms. The Morgan fingerprint density at radius 1 is 1.00 bits per heavy atom. The van der Waals surface area contributed by atoms with Gasteiger partial charge in [-0.1, -0.05) is 6.07 Å². The van der Waals surface area contributed by atoms with Crippen molar-refractivity contribution in [2.75, 3.05) is 44.1 Å². The predicted octanol–water partition coefficient (Wildman–Crippen LogP) is 2.84. The van der Waals surface area contributed by atoms with Crippen LogP contribution in [0, 0.1) is 0 Å². The number of amides is 1. The summed E-state index contributed by atoms with van der Waals surface area (Å²) in [5.41, 5.74) is 0.821. The minimum atomic E-state index is -3.98. The molecule has 1 heterocycles. The molecular weight excluding hydrogens is 534 g/mol. The minimum absolute atomic E-state index is 0.0245. The Morgan fingerprint density at radius 2 is 1.76 bits per heavy atom. The lowest BCUT2D eigenvalue weighted by Gasteiger charge is -2.12. The number of carbonyl (C=O) groups excluding carboxylic acids is 1. The third-order valence-electron chi connectivity index (χ3n) is 4.76. The van der Waals surface area contributed by atoms with Crippen molar-refractivity contribution in [2.24, 2.45) is 0 Å². The van der Waals surface area contributed by atoms with E-state index in [9.17, 15) is 13.2 Å². The molecule has 0 aliphatic rings. The van der Waals surface area contributed by atoms with Crippen molar-refractivity contribution < 1.29 is 32.2 Å². The smallest absolute Gasteiger partial charge is 0.321 e. The lowest BCUT2D eigenvalue weighted by molar-refractivity contribution is 0.0976.